The number of benzene rings is 2. The molecule has 1 saturated heterocycles. The smallest absolute Gasteiger partial charge is 0.258 e. The van der Waals surface area contributed by atoms with Crippen LogP contribution in [0, 0.1) is 0 Å². The van der Waals surface area contributed by atoms with Gasteiger partial charge >= 0.3 is 0 Å². The van der Waals surface area contributed by atoms with E-state index in [1.165, 1.54) is 12.7 Å². The first kappa shape index (κ1) is 24.1. The summed E-state index contributed by atoms with van der Waals surface area (Å²) < 4.78 is 5.33. The van der Waals surface area contributed by atoms with Crippen molar-refractivity contribution >= 4 is 23.4 Å². The van der Waals surface area contributed by atoms with Gasteiger partial charge in [-0.3, -0.25) is 14.5 Å². The summed E-state index contributed by atoms with van der Waals surface area (Å²) in [5.74, 6) is 0.0877. The molecule has 172 valence electrons. The van der Waals surface area contributed by atoms with E-state index in [1.807, 2.05) is 12.1 Å². The molecule has 1 unspecified atom stereocenters. The number of carbonyl (C=O) groups is 2. The lowest BCUT2D eigenvalue weighted by molar-refractivity contribution is -0.125. The standard InChI is InChI=1S/C25H32ClN3O3/c1-4-28(5-2)17-19-9-6-8-18(14-19)16-27-24(30)22-10-7-13-29(22)25(31)21-15-20(26)11-12-23(21)32-3/h6,8-9,11-12,14-15,22H,4-5,7,10,13,16-17H2,1-3H3,(H,27,30). The van der Waals surface area contributed by atoms with Gasteiger partial charge in [-0.2, -0.15) is 0 Å². The monoisotopic (exact) mass is 457 g/mol. The van der Waals surface area contributed by atoms with E-state index in [4.69, 9.17) is 16.3 Å². The number of nitrogens with zero attached hydrogens (tertiary/aromatic N) is 2. The fourth-order valence-electron chi connectivity index (χ4n) is 4.13. The molecule has 7 heteroatoms. The molecule has 1 fully saturated rings. The van der Waals surface area contributed by atoms with Gasteiger partial charge in [0, 0.05) is 24.7 Å². The summed E-state index contributed by atoms with van der Waals surface area (Å²) in [7, 11) is 1.52. The van der Waals surface area contributed by atoms with Crippen LogP contribution in [0.1, 0.15) is 48.2 Å². The van der Waals surface area contributed by atoms with Gasteiger partial charge in [0.05, 0.1) is 12.7 Å². The lowest BCUT2D eigenvalue weighted by Gasteiger charge is -2.25. The van der Waals surface area contributed by atoms with Crippen molar-refractivity contribution < 1.29 is 14.3 Å². The van der Waals surface area contributed by atoms with E-state index in [1.54, 1.807) is 23.1 Å². The quantitative estimate of drug-likeness (QED) is 0.615. The molecule has 0 radical (unpaired) electrons. The highest BCUT2D eigenvalue weighted by Crippen LogP contribution is 2.27. The first-order chi connectivity index (χ1) is 15.5. The third-order valence-corrected chi connectivity index (χ3v) is 6.20. The van der Waals surface area contributed by atoms with Crippen LogP contribution >= 0.6 is 11.6 Å². The Kier molecular flexibility index (Phi) is 8.53. The highest BCUT2D eigenvalue weighted by molar-refractivity contribution is 6.31. The number of carbonyl (C=O) groups excluding carboxylic acids is 2. The molecule has 1 atom stereocenters. The molecule has 1 N–H and O–H groups in total. The molecule has 0 aromatic heterocycles. The number of amides is 2. The molecule has 1 heterocycles. The van der Waals surface area contributed by atoms with E-state index < -0.39 is 6.04 Å². The zero-order valence-corrected chi connectivity index (χ0v) is 19.8. The van der Waals surface area contributed by atoms with E-state index in [2.05, 4.69) is 36.2 Å². The summed E-state index contributed by atoms with van der Waals surface area (Å²) in [6.45, 7) is 8.17. The van der Waals surface area contributed by atoms with Crippen LogP contribution in [0.25, 0.3) is 0 Å². The largest absolute Gasteiger partial charge is 0.496 e. The minimum Gasteiger partial charge on any atom is -0.496 e. The molecule has 1 aliphatic rings. The number of nitrogens with one attached hydrogen (secondary N) is 1. The Morgan fingerprint density at radius 1 is 1.16 bits per heavy atom. The van der Waals surface area contributed by atoms with Crippen LogP contribution in [-0.2, 0) is 17.9 Å². The lowest BCUT2D eigenvalue weighted by atomic mass is 10.1. The average Bonchev–Trinajstić information content (AvgIpc) is 3.31. The number of halogens is 1. The minimum atomic E-state index is -0.495. The van der Waals surface area contributed by atoms with Gasteiger partial charge < -0.3 is 15.0 Å². The first-order valence-electron chi connectivity index (χ1n) is 11.2. The van der Waals surface area contributed by atoms with Crippen molar-refractivity contribution in [1.29, 1.82) is 0 Å². The van der Waals surface area contributed by atoms with Crippen LogP contribution in [-0.4, -0.2) is 54.4 Å². The van der Waals surface area contributed by atoms with Crippen LogP contribution in [0.5, 0.6) is 5.75 Å². The highest BCUT2D eigenvalue weighted by Gasteiger charge is 2.35. The summed E-state index contributed by atoms with van der Waals surface area (Å²) in [5.41, 5.74) is 2.66. The number of hydrogen-bond acceptors (Lipinski definition) is 4. The van der Waals surface area contributed by atoms with E-state index in [0.29, 0.717) is 35.8 Å². The first-order valence-corrected chi connectivity index (χ1v) is 11.6. The number of methoxy groups -OCH3 is 1. The van der Waals surface area contributed by atoms with E-state index in [-0.39, 0.29) is 11.8 Å². The number of hydrogen-bond donors (Lipinski definition) is 1. The molecule has 2 aromatic carbocycles. The Morgan fingerprint density at radius 3 is 2.62 bits per heavy atom. The van der Waals surface area contributed by atoms with Crippen molar-refractivity contribution in [1.82, 2.24) is 15.1 Å². The molecule has 32 heavy (non-hydrogen) atoms. The van der Waals surface area contributed by atoms with Crippen molar-refractivity contribution in [3.8, 4) is 5.75 Å². The SMILES string of the molecule is CCN(CC)Cc1cccc(CNC(=O)C2CCCN2C(=O)c2cc(Cl)ccc2OC)c1. The molecule has 0 aliphatic carbocycles. The Bertz CT molecular complexity index is 946. The topological polar surface area (TPSA) is 61.9 Å². The zero-order valence-electron chi connectivity index (χ0n) is 19.1. The van der Waals surface area contributed by atoms with Crippen LogP contribution in [0.15, 0.2) is 42.5 Å². The summed E-state index contributed by atoms with van der Waals surface area (Å²) >= 11 is 6.10. The van der Waals surface area contributed by atoms with E-state index in [9.17, 15) is 9.59 Å². The predicted octanol–water partition coefficient (Wildman–Crippen LogP) is 4.11. The number of rotatable bonds is 9. The zero-order chi connectivity index (χ0) is 23.1. The second kappa shape index (κ2) is 11.3. The molecule has 3 rings (SSSR count). The third kappa shape index (κ3) is 5.81. The molecule has 0 bridgehead atoms. The lowest BCUT2D eigenvalue weighted by Crippen LogP contribution is -2.45. The summed E-state index contributed by atoms with van der Waals surface area (Å²) in [5, 5.41) is 3.48. The second-order valence-corrected chi connectivity index (χ2v) is 8.44. The second-order valence-electron chi connectivity index (χ2n) is 8.00. The Morgan fingerprint density at radius 2 is 1.91 bits per heavy atom. The molecule has 6 nitrogen and oxygen atoms in total. The third-order valence-electron chi connectivity index (χ3n) is 5.97. The van der Waals surface area contributed by atoms with Gasteiger partial charge in [-0.25, -0.2) is 0 Å². The van der Waals surface area contributed by atoms with Gasteiger partial charge in [0.15, 0.2) is 0 Å². The van der Waals surface area contributed by atoms with Gasteiger partial charge in [-0.05, 0) is 55.3 Å². The Hall–Kier alpha value is -2.57. The summed E-state index contributed by atoms with van der Waals surface area (Å²) in [4.78, 5) is 30.1. The molecule has 2 amide bonds. The molecule has 2 aromatic rings. The normalized spacial score (nSPS) is 15.8. The molecule has 1 aliphatic heterocycles. The van der Waals surface area contributed by atoms with Gasteiger partial charge in [0.25, 0.3) is 5.91 Å². The molecular weight excluding hydrogens is 426 g/mol. The van der Waals surface area contributed by atoms with Crippen LogP contribution in [0.4, 0.5) is 0 Å². The van der Waals surface area contributed by atoms with Gasteiger partial charge in [0.2, 0.25) is 5.91 Å². The number of likely N-dealkylation sites (tertiary alicyclic amines) is 1. The van der Waals surface area contributed by atoms with Crippen LogP contribution < -0.4 is 10.1 Å². The maximum atomic E-state index is 13.2. The number of ether oxygens (including phenoxy) is 1. The Balaban J connectivity index is 1.65. The maximum absolute atomic E-state index is 13.2. The van der Waals surface area contributed by atoms with E-state index >= 15 is 0 Å². The van der Waals surface area contributed by atoms with Crippen molar-refractivity contribution in [3.63, 3.8) is 0 Å². The molecule has 0 saturated carbocycles. The van der Waals surface area contributed by atoms with Crippen molar-refractivity contribution in [2.75, 3.05) is 26.7 Å². The van der Waals surface area contributed by atoms with E-state index in [0.717, 1.165) is 31.6 Å². The Labute approximate surface area is 195 Å². The van der Waals surface area contributed by atoms with Crippen LogP contribution in [0.3, 0.4) is 0 Å². The van der Waals surface area contributed by atoms with Gasteiger partial charge in [0.1, 0.15) is 11.8 Å². The fraction of sp³-hybridized carbons (Fsp3) is 0.440. The van der Waals surface area contributed by atoms with Crippen molar-refractivity contribution in [2.24, 2.45) is 0 Å². The fourth-order valence-corrected chi connectivity index (χ4v) is 4.31. The average molecular weight is 458 g/mol. The molecular formula is C25H32ClN3O3. The maximum Gasteiger partial charge on any atom is 0.258 e. The minimum absolute atomic E-state index is 0.133. The summed E-state index contributed by atoms with van der Waals surface area (Å²) in [6, 6.07) is 12.7. The highest BCUT2D eigenvalue weighted by atomic mass is 35.5. The van der Waals surface area contributed by atoms with Crippen LogP contribution in [0.2, 0.25) is 5.02 Å². The summed E-state index contributed by atoms with van der Waals surface area (Å²) in [6.07, 6.45) is 1.43. The van der Waals surface area contributed by atoms with Crippen molar-refractivity contribution in [3.05, 3.63) is 64.2 Å². The molecule has 0 spiro atoms. The van der Waals surface area contributed by atoms with Crippen molar-refractivity contribution in [2.45, 2.75) is 45.8 Å². The van der Waals surface area contributed by atoms with Gasteiger partial charge in [-0.15, -0.1) is 0 Å². The van der Waals surface area contributed by atoms with Gasteiger partial charge in [-0.1, -0.05) is 49.7 Å². The predicted molar refractivity (Wildman–Crippen MR) is 127 cm³/mol.